The summed E-state index contributed by atoms with van der Waals surface area (Å²) in [6.07, 6.45) is 0. The standard InChI is InChI=1S/C21H17N3O3/c1-2-26-21(25)19-23-18(22)16-15(13-9-5-3-6-10-13)17(27-20(16)24-19)14-11-7-4-8-12-14/h3-12H,2H2,1H3,(H2,22,23,24). The van der Waals surface area contributed by atoms with Gasteiger partial charge < -0.3 is 14.9 Å². The van der Waals surface area contributed by atoms with E-state index in [1.165, 1.54) is 0 Å². The van der Waals surface area contributed by atoms with Crippen molar-refractivity contribution in [3.8, 4) is 22.5 Å². The van der Waals surface area contributed by atoms with Crippen molar-refractivity contribution in [1.29, 1.82) is 0 Å². The zero-order valence-electron chi connectivity index (χ0n) is 14.7. The van der Waals surface area contributed by atoms with E-state index in [0.717, 1.165) is 16.7 Å². The van der Waals surface area contributed by atoms with E-state index in [2.05, 4.69) is 9.97 Å². The minimum atomic E-state index is -0.634. The topological polar surface area (TPSA) is 91.2 Å². The molecule has 0 amide bonds. The minimum absolute atomic E-state index is 0.116. The summed E-state index contributed by atoms with van der Waals surface area (Å²) in [7, 11) is 0. The fourth-order valence-corrected chi connectivity index (χ4v) is 2.99. The molecule has 6 heteroatoms. The Morgan fingerprint density at radius 1 is 1.00 bits per heavy atom. The molecule has 0 bridgehead atoms. The number of nitrogens with zero attached hydrogens (tertiary/aromatic N) is 2. The number of furan rings is 1. The zero-order valence-corrected chi connectivity index (χ0v) is 14.7. The summed E-state index contributed by atoms with van der Waals surface area (Å²) in [6, 6.07) is 19.4. The monoisotopic (exact) mass is 359 g/mol. The SMILES string of the molecule is CCOC(=O)c1nc(N)c2c(-c3ccccc3)c(-c3ccccc3)oc2n1. The molecule has 4 aromatic rings. The van der Waals surface area contributed by atoms with E-state index in [0.29, 0.717) is 11.1 Å². The molecule has 0 saturated heterocycles. The predicted molar refractivity (Wildman–Crippen MR) is 103 cm³/mol. The summed E-state index contributed by atoms with van der Waals surface area (Å²) in [5.74, 6) is 0.0477. The number of hydrogen-bond donors (Lipinski definition) is 1. The molecule has 2 N–H and O–H groups in total. The van der Waals surface area contributed by atoms with Crippen molar-refractivity contribution >= 4 is 22.9 Å². The van der Waals surface area contributed by atoms with Crippen molar-refractivity contribution in [1.82, 2.24) is 9.97 Å². The van der Waals surface area contributed by atoms with Crippen LogP contribution in [0.25, 0.3) is 33.6 Å². The molecule has 0 unspecified atom stereocenters. The zero-order chi connectivity index (χ0) is 18.8. The van der Waals surface area contributed by atoms with E-state index in [-0.39, 0.29) is 24.0 Å². The maximum atomic E-state index is 12.0. The number of ether oxygens (including phenoxy) is 1. The summed E-state index contributed by atoms with van der Waals surface area (Å²) < 4.78 is 11.0. The summed E-state index contributed by atoms with van der Waals surface area (Å²) in [4.78, 5) is 20.4. The first-order valence-electron chi connectivity index (χ1n) is 8.57. The average molecular weight is 359 g/mol. The van der Waals surface area contributed by atoms with Gasteiger partial charge in [-0.15, -0.1) is 0 Å². The summed E-state index contributed by atoms with van der Waals surface area (Å²) in [5.41, 5.74) is 9.06. The maximum Gasteiger partial charge on any atom is 0.376 e. The highest BCUT2D eigenvalue weighted by Crippen LogP contribution is 2.41. The van der Waals surface area contributed by atoms with E-state index in [9.17, 15) is 4.79 Å². The van der Waals surface area contributed by atoms with Crippen LogP contribution in [0.15, 0.2) is 65.1 Å². The first kappa shape index (κ1) is 16.8. The molecule has 27 heavy (non-hydrogen) atoms. The molecular formula is C21H17N3O3. The van der Waals surface area contributed by atoms with Crippen LogP contribution in [0, 0.1) is 0 Å². The van der Waals surface area contributed by atoms with Crippen molar-refractivity contribution in [2.24, 2.45) is 0 Å². The Kier molecular flexibility index (Phi) is 4.30. The predicted octanol–water partition coefficient (Wildman–Crippen LogP) is 4.32. The van der Waals surface area contributed by atoms with Crippen LogP contribution in [0.1, 0.15) is 17.5 Å². The normalized spacial score (nSPS) is 10.9. The Morgan fingerprint density at radius 3 is 2.26 bits per heavy atom. The number of anilines is 1. The fraction of sp³-hybridized carbons (Fsp3) is 0.0952. The van der Waals surface area contributed by atoms with E-state index in [1.54, 1.807) is 6.92 Å². The Balaban J connectivity index is 2.01. The minimum Gasteiger partial charge on any atom is -0.460 e. The Bertz CT molecular complexity index is 1110. The third-order valence-electron chi connectivity index (χ3n) is 4.14. The second-order valence-electron chi connectivity index (χ2n) is 5.87. The lowest BCUT2D eigenvalue weighted by Gasteiger charge is -2.05. The van der Waals surface area contributed by atoms with Crippen molar-refractivity contribution < 1.29 is 13.9 Å². The molecule has 2 heterocycles. The molecule has 0 aliphatic rings. The number of fused-ring (bicyclic) bond motifs is 1. The number of nitrogens with two attached hydrogens (primary N) is 1. The average Bonchev–Trinajstić information content (AvgIpc) is 3.09. The quantitative estimate of drug-likeness (QED) is 0.546. The van der Waals surface area contributed by atoms with Gasteiger partial charge in [-0.25, -0.2) is 9.78 Å². The molecular weight excluding hydrogens is 342 g/mol. The molecule has 134 valence electrons. The van der Waals surface area contributed by atoms with E-state index < -0.39 is 5.97 Å². The van der Waals surface area contributed by atoms with Crippen LogP contribution in [0.3, 0.4) is 0 Å². The largest absolute Gasteiger partial charge is 0.460 e. The second-order valence-corrected chi connectivity index (χ2v) is 5.87. The van der Waals surface area contributed by atoms with E-state index in [1.807, 2.05) is 60.7 Å². The summed E-state index contributed by atoms with van der Waals surface area (Å²) in [5, 5.41) is 0.577. The van der Waals surface area contributed by atoms with Gasteiger partial charge in [-0.1, -0.05) is 60.7 Å². The number of carbonyl (C=O) groups is 1. The Morgan fingerprint density at radius 2 is 1.63 bits per heavy atom. The van der Waals surface area contributed by atoms with Crippen molar-refractivity contribution in [2.75, 3.05) is 12.3 Å². The van der Waals surface area contributed by atoms with Gasteiger partial charge in [0.1, 0.15) is 11.6 Å². The molecule has 6 nitrogen and oxygen atoms in total. The first-order valence-corrected chi connectivity index (χ1v) is 8.57. The molecule has 0 saturated carbocycles. The third-order valence-corrected chi connectivity index (χ3v) is 4.14. The van der Waals surface area contributed by atoms with Gasteiger partial charge in [0.2, 0.25) is 11.5 Å². The van der Waals surface area contributed by atoms with Gasteiger partial charge in [-0.2, -0.15) is 4.98 Å². The lowest BCUT2D eigenvalue weighted by Crippen LogP contribution is -2.11. The molecule has 2 aromatic carbocycles. The van der Waals surface area contributed by atoms with Crippen LogP contribution in [0.2, 0.25) is 0 Å². The van der Waals surface area contributed by atoms with Crippen molar-refractivity contribution in [3.63, 3.8) is 0 Å². The lowest BCUT2D eigenvalue weighted by atomic mass is 9.99. The molecule has 0 fully saturated rings. The molecule has 0 aliphatic heterocycles. The smallest absolute Gasteiger partial charge is 0.376 e. The van der Waals surface area contributed by atoms with E-state index >= 15 is 0 Å². The van der Waals surface area contributed by atoms with Gasteiger partial charge >= 0.3 is 5.97 Å². The number of nitrogen functional groups attached to an aromatic ring is 1. The lowest BCUT2D eigenvalue weighted by molar-refractivity contribution is 0.0512. The summed E-state index contributed by atoms with van der Waals surface area (Å²) in [6.45, 7) is 1.94. The van der Waals surface area contributed by atoms with Gasteiger partial charge in [0, 0.05) is 11.1 Å². The molecule has 0 spiro atoms. The molecule has 0 radical (unpaired) electrons. The third kappa shape index (κ3) is 3.01. The molecule has 2 aromatic heterocycles. The Hall–Kier alpha value is -3.67. The maximum absolute atomic E-state index is 12.0. The molecule has 4 rings (SSSR count). The van der Waals surface area contributed by atoms with Crippen molar-refractivity contribution in [2.45, 2.75) is 6.92 Å². The number of aromatic nitrogens is 2. The number of rotatable bonds is 4. The highest BCUT2D eigenvalue weighted by atomic mass is 16.5. The van der Waals surface area contributed by atoms with Gasteiger partial charge in [-0.3, -0.25) is 0 Å². The summed E-state index contributed by atoms with van der Waals surface area (Å²) >= 11 is 0. The number of benzene rings is 2. The van der Waals surface area contributed by atoms with Crippen LogP contribution in [0.4, 0.5) is 5.82 Å². The Labute approximate surface area is 155 Å². The van der Waals surface area contributed by atoms with Crippen LogP contribution < -0.4 is 5.73 Å². The second kappa shape index (κ2) is 6.92. The van der Waals surface area contributed by atoms with Crippen molar-refractivity contribution in [3.05, 3.63) is 66.5 Å². The number of carbonyl (C=O) groups excluding carboxylic acids is 1. The first-order chi connectivity index (χ1) is 13.2. The van der Waals surface area contributed by atoms with Gasteiger partial charge in [-0.05, 0) is 12.5 Å². The van der Waals surface area contributed by atoms with Gasteiger partial charge in [0.25, 0.3) is 0 Å². The highest BCUT2D eigenvalue weighted by Gasteiger charge is 2.24. The van der Waals surface area contributed by atoms with Gasteiger partial charge in [0.15, 0.2) is 0 Å². The fourth-order valence-electron chi connectivity index (χ4n) is 2.99. The van der Waals surface area contributed by atoms with Crippen LogP contribution in [-0.2, 0) is 4.74 Å². The van der Waals surface area contributed by atoms with E-state index in [4.69, 9.17) is 14.9 Å². The highest BCUT2D eigenvalue weighted by molar-refractivity contribution is 6.06. The number of esters is 1. The molecule has 0 aliphatic carbocycles. The van der Waals surface area contributed by atoms with Crippen LogP contribution >= 0.6 is 0 Å². The van der Waals surface area contributed by atoms with Crippen LogP contribution in [-0.4, -0.2) is 22.5 Å². The van der Waals surface area contributed by atoms with Crippen LogP contribution in [0.5, 0.6) is 0 Å². The number of hydrogen-bond acceptors (Lipinski definition) is 6. The van der Waals surface area contributed by atoms with Gasteiger partial charge in [0.05, 0.1) is 12.0 Å². The molecule has 0 atom stereocenters.